The molecule has 2 atom stereocenters. The molecular weight excluding hydrogens is 1130 g/mol. The average molecular weight is 1260 g/mol. The first-order chi connectivity index (χ1) is 44.6. The molecule has 0 heterocycles. The van der Waals surface area contributed by atoms with E-state index in [0.29, 0.717) is 23.9 Å². The predicted molar refractivity (Wildman–Crippen MR) is 391 cm³/mol. The van der Waals surface area contributed by atoms with Crippen molar-refractivity contribution < 1.29 is 42.9 Å². The van der Waals surface area contributed by atoms with Crippen LogP contribution in [0, 0.1) is 0 Å². The van der Waals surface area contributed by atoms with Crippen LogP contribution in [0.25, 0.3) is 0 Å². The number of rotatable bonds is 66. The second-order valence-corrected chi connectivity index (χ2v) is 25.1. The number of ether oxygens (including phenoxy) is 4. The van der Waals surface area contributed by atoms with Gasteiger partial charge in [-0.3, -0.25) is 9.59 Å². The maximum atomic E-state index is 13.0. The zero-order valence-corrected chi connectivity index (χ0v) is 58.9. The first kappa shape index (κ1) is 85.9. The number of carbonyl (C=O) groups is 3. The molecule has 0 aliphatic carbocycles. The molecule has 2 unspecified atom stereocenters. The van der Waals surface area contributed by atoms with Gasteiger partial charge in [0.2, 0.25) is 0 Å². The molecule has 0 amide bonds. The van der Waals surface area contributed by atoms with Gasteiger partial charge in [0.1, 0.15) is 13.2 Å². The second-order valence-electron chi connectivity index (χ2n) is 25.1. The van der Waals surface area contributed by atoms with Gasteiger partial charge in [0.25, 0.3) is 6.29 Å². The highest BCUT2D eigenvalue weighted by Gasteiger charge is 2.25. The number of likely N-dealkylation sites (N-methyl/N-ethyl adjacent to an activating group) is 1. The first-order valence-corrected chi connectivity index (χ1v) is 36.6. The number of unbranched alkanes of at least 4 members (excludes halogenated alkanes) is 25. The van der Waals surface area contributed by atoms with Crippen LogP contribution in [0.15, 0.2) is 158 Å². The van der Waals surface area contributed by atoms with Crippen molar-refractivity contribution in [3.05, 3.63) is 158 Å². The zero-order valence-electron chi connectivity index (χ0n) is 58.9. The summed E-state index contributed by atoms with van der Waals surface area (Å²) in [4.78, 5) is 37.7. The highest BCUT2D eigenvalue weighted by molar-refractivity contribution is 5.71. The molecule has 0 saturated carbocycles. The van der Waals surface area contributed by atoms with Crippen LogP contribution in [0.2, 0.25) is 0 Å². The SMILES string of the molecule is CC/C=C\C/C=C\C/C=C\C/C=C\C/C=C\C/C=C\C/C=C\CCCCCCCCCCCCCC(=O)OC(COC(=O)CCCCCCCCCCCCCCCC/C=C\C/C=C\C/C=C\C/C=C\C/C=C\C/C=C\CC)COC(OCC[N+](C)(C)C)C(=O)O. The molecule has 0 radical (unpaired) electrons. The van der Waals surface area contributed by atoms with Crippen LogP contribution >= 0.6 is 0 Å². The molecule has 1 N–H and O–H groups in total. The van der Waals surface area contributed by atoms with E-state index >= 15 is 0 Å². The minimum absolute atomic E-state index is 0.180. The zero-order chi connectivity index (χ0) is 66.1. The number of carboxylic acids is 1. The minimum atomic E-state index is -1.52. The van der Waals surface area contributed by atoms with E-state index in [4.69, 9.17) is 18.9 Å². The Hall–Kier alpha value is -5.09. The summed E-state index contributed by atoms with van der Waals surface area (Å²) in [5, 5.41) is 9.76. The Morgan fingerprint density at radius 3 is 0.879 bits per heavy atom. The Labute approximate surface area is 559 Å². The van der Waals surface area contributed by atoms with Crippen LogP contribution < -0.4 is 0 Å². The fourth-order valence-electron chi connectivity index (χ4n) is 9.76. The van der Waals surface area contributed by atoms with Gasteiger partial charge < -0.3 is 28.5 Å². The Kier molecular flexibility index (Phi) is 66.8. The molecule has 0 aliphatic rings. The van der Waals surface area contributed by atoms with Crippen molar-refractivity contribution in [2.75, 3.05) is 47.5 Å². The summed E-state index contributed by atoms with van der Waals surface area (Å²) in [6, 6.07) is 0. The summed E-state index contributed by atoms with van der Waals surface area (Å²) in [5.41, 5.74) is 0. The number of allylic oxidation sites excluding steroid dienone is 26. The maximum absolute atomic E-state index is 13.0. The van der Waals surface area contributed by atoms with Gasteiger partial charge in [-0.25, -0.2) is 4.79 Å². The van der Waals surface area contributed by atoms with Gasteiger partial charge in [0.05, 0.1) is 34.4 Å². The standard InChI is InChI=1S/C82H135NO8/c1-6-8-10-12-14-16-18-20-22-24-26-28-30-32-34-36-38-40-42-44-46-48-50-52-54-56-58-60-62-64-66-68-70-72-79(84)89-76-78(77-90-82(81(86)87)88-75-74-83(3,4)5)91-80(85)73-71-69-67-65-63-61-59-57-55-53-51-49-47-45-43-41-39-37-35-33-31-29-27-25-23-21-19-17-15-13-11-9-7-2/h8-11,14-17,20-23,26-29,32-35,38-41,45,47,78,82H,6-7,12-13,18-19,24-25,30-31,36-37,42-44,46,48-77H2,1-5H3/p+1/b10-8-,11-9-,16-14-,17-15-,22-20-,23-21-,28-26-,29-27-,34-32-,35-33-,40-38-,41-39-,47-45-. The van der Waals surface area contributed by atoms with Gasteiger partial charge in [-0.15, -0.1) is 0 Å². The molecule has 0 rings (SSSR count). The number of nitrogens with zero attached hydrogens (tertiary/aromatic N) is 1. The summed E-state index contributed by atoms with van der Waals surface area (Å²) in [6.45, 7) is 4.65. The Morgan fingerprint density at radius 2 is 0.593 bits per heavy atom. The summed E-state index contributed by atoms with van der Waals surface area (Å²) in [5.74, 6) is -2.01. The van der Waals surface area contributed by atoms with Crippen molar-refractivity contribution in [2.45, 2.75) is 296 Å². The number of hydrogen-bond donors (Lipinski definition) is 1. The van der Waals surface area contributed by atoms with Crippen molar-refractivity contribution in [1.29, 1.82) is 0 Å². The molecule has 0 aromatic heterocycles. The molecule has 0 aromatic rings. The number of esters is 2. The van der Waals surface area contributed by atoms with Gasteiger partial charge in [-0.2, -0.15) is 0 Å². The van der Waals surface area contributed by atoms with Crippen molar-refractivity contribution in [3.8, 4) is 0 Å². The van der Waals surface area contributed by atoms with Crippen LogP contribution in [0.5, 0.6) is 0 Å². The number of hydrogen-bond acceptors (Lipinski definition) is 7. The number of carboxylic acid groups (broad SMARTS) is 1. The van der Waals surface area contributed by atoms with E-state index in [2.05, 4.69) is 172 Å². The second kappa shape index (κ2) is 70.8. The monoisotopic (exact) mass is 1260 g/mol. The van der Waals surface area contributed by atoms with E-state index < -0.39 is 24.3 Å². The fourth-order valence-corrected chi connectivity index (χ4v) is 9.76. The molecule has 91 heavy (non-hydrogen) atoms. The Bertz CT molecular complexity index is 2060. The van der Waals surface area contributed by atoms with Crippen molar-refractivity contribution in [2.24, 2.45) is 0 Å². The topological polar surface area (TPSA) is 108 Å². The van der Waals surface area contributed by atoms with Crippen molar-refractivity contribution in [1.82, 2.24) is 0 Å². The summed E-state index contributed by atoms with van der Waals surface area (Å²) in [7, 11) is 5.97. The largest absolute Gasteiger partial charge is 0.477 e. The smallest absolute Gasteiger partial charge is 0.361 e. The average Bonchev–Trinajstić information content (AvgIpc) is 3.46. The third-order valence-corrected chi connectivity index (χ3v) is 15.3. The highest BCUT2D eigenvalue weighted by Crippen LogP contribution is 2.17. The van der Waals surface area contributed by atoms with E-state index in [-0.39, 0.29) is 32.2 Å². The Balaban J connectivity index is 4.14. The maximum Gasteiger partial charge on any atom is 0.361 e. The summed E-state index contributed by atoms with van der Waals surface area (Å²) >= 11 is 0. The van der Waals surface area contributed by atoms with E-state index in [1.165, 1.54) is 122 Å². The lowest BCUT2D eigenvalue weighted by molar-refractivity contribution is -0.870. The van der Waals surface area contributed by atoms with Gasteiger partial charge in [-0.05, 0) is 122 Å². The molecule has 9 heteroatoms. The number of carbonyl (C=O) groups excluding carboxylic acids is 2. The lowest BCUT2D eigenvalue weighted by atomic mass is 10.0. The van der Waals surface area contributed by atoms with Gasteiger partial charge >= 0.3 is 17.9 Å². The van der Waals surface area contributed by atoms with Crippen LogP contribution in [-0.4, -0.2) is 87.4 Å². The fraction of sp³-hybridized carbons (Fsp3) is 0.646. The molecule has 9 nitrogen and oxygen atoms in total. The lowest BCUT2D eigenvalue weighted by Gasteiger charge is -2.25. The molecule has 0 fully saturated rings. The highest BCUT2D eigenvalue weighted by atomic mass is 16.7. The van der Waals surface area contributed by atoms with Crippen molar-refractivity contribution in [3.63, 3.8) is 0 Å². The molecule has 0 saturated heterocycles. The third kappa shape index (κ3) is 72.2. The van der Waals surface area contributed by atoms with Crippen LogP contribution in [-0.2, 0) is 33.3 Å². The van der Waals surface area contributed by atoms with Crippen LogP contribution in [0.4, 0.5) is 0 Å². The third-order valence-electron chi connectivity index (χ3n) is 15.3. The van der Waals surface area contributed by atoms with Crippen LogP contribution in [0.3, 0.4) is 0 Å². The van der Waals surface area contributed by atoms with Gasteiger partial charge in [0.15, 0.2) is 6.10 Å². The van der Waals surface area contributed by atoms with Gasteiger partial charge in [0, 0.05) is 12.8 Å². The normalized spacial score (nSPS) is 13.6. The summed E-state index contributed by atoms with van der Waals surface area (Å²) in [6.07, 6.45) is 102. The van der Waals surface area contributed by atoms with Crippen molar-refractivity contribution >= 4 is 17.9 Å². The molecule has 0 aromatic carbocycles. The molecule has 0 aliphatic heterocycles. The summed E-state index contributed by atoms with van der Waals surface area (Å²) < 4.78 is 23.0. The van der Waals surface area contributed by atoms with E-state index in [0.717, 1.165) is 128 Å². The van der Waals surface area contributed by atoms with E-state index in [9.17, 15) is 19.5 Å². The number of quaternary nitrogens is 1. The lowest BCUT2D eigenvalue weighted by Crippen LogP contribution is -2.40. The minimum Gasteiger partial charge on any atom is -0.477 e. The predicted octanol–water partition coefficient (Wildman–Crippen LogP) is 23.2. The van der Waals surface area contributed by atoms with E-state index in [1.54, 1.807) is 0 Å². The number of aliphatic carboxylic acids is 1. The van der Waals surface area contributed by atoms with Gasteiger partial charge in [-0.1, -0.05) is 307 Å². The van der Waals surface area contributed by atoms with Crippen LogP contribution in [0.1, 0.15) is 284 Å². The molecule has 516 valence electrons. The Morgan fingerprint density at radius 1 is 0.330 bits per heavy atom. The first-order valence-electron chi connectivity index (χ1n) is 36.6. The molecule has 0 bridgehead atoms. The molecular formula is C82H136NO8+. The molecule has 0 spiro atoms. The van der Waals surface area contributed by atoms with E-state index in [1.807, 2.05) is 21.1 Å². The quantitative estimate of drug-likeness (QED) is 0.0211.